The molecule has 7 nitrogen and oxygen atoms in total. The average Bonchev–Trinajstić information content (AvgIpc) is 2.67. The van der Waals surface area contributed by atoms with Gasteiger partial charge in [-0.05, 0) is 18.2 Å². The maximum Gasteiger partial charge on any atom is 0.250 e. The van der Waals surface area contributed by atoms with Crippen LogP contribution in [-0.2, 0) is 0 Å². The molecule has 0 unspecified atom stereocenters. The number of carbonyl (C=O) groups is 1. The first-order chi connectivity index (χ1) is 12.6. The van der Waals surface area contributed by atoms with Gasteiger partial charge in [-0.3, -0.25) is 9.78 Å². The highest BCUT2D eigenvalue weighted by molar-refractivity contribution is 6.02. The van der Waals surface area contributed by atoms with Gasteiger partial charge in [0.2, 0.25) is 0 Å². The Hall–Kier alpha value is -3.79. The molecule has 3 aromatic rings. The van der Waals surface area contributed by atoms with Gasteiger partial charge in [0.15, 0.2) is 11.5 Å². The van der Waals surface area contributed by atoms with E-state index < -0.39 is 5.91 Å². The summed E-state index contributed by atoms with van der Waals surface area (Å²) in [5.41, 5.74) is 7.70. The van der Waals surface area contributed by atoms with Gasteiger partial charge in [-0.1, -0.05) is 12.1 Å². The van der Waals surface area contributed by atoms with Crippen molar-refractivity contribution in [3.05, 3.63) is 53.7 Å². The molecule has 0 spiro atoms. The van der Waals surface area contributed by atoms with Crippen molar-refractivity contribution >= 4 is 28.2 Å². The third-order valence-corrected chi connectivity index (χ3v) is 3.95. The standard InChI is InChI=1S/C19H16N4O3/c1-25-16-7-13-15(8-17(16)26-2)22-10-11(9-20)18(13)23-14-6-4-3-5-12(14)19(21)24/h3-8,10H,1-2H3,(H2,21,24)(H,22,23). The molecule has 0 bridgehead atoms. The number of amides is 1. The first-order valence-electron chi connectivity index (χ1n) is 7.69. The Morgan fingerprint density at radius 3 is 2.54 bits per heavy atom. The number of rotatable bonds is 5. The molecular formula is C19H16N4O3. The Morgan fingerprint density at radius 2 is 1.88 bits per heavy atom. The van der Waals surface area contributed by atoms with Gasteiger partial charge in [0.05, 0.1) is 42.2 Å². The minimum absolute atomic E-state index is 0.321. The van der Waals surface area contributed by atoms with Crippen LogP contribution in [0.25, 0.3) is 10.9 Å². The van der Waals surface area contributed by atoms with E-state index in [9.17, 15) is 10.1 Å². The summed E-state index contributed by atoms with van der Waals surface area (Å²) in [4.78, 5) is 16.0. The normalized spacial score (nSPS) is 10.2. The van der Waals surface area contributed by atoms with Crippen LogP contribution in [-0.4, -0.2) is 25.1 Å². The number of hydrogen-bond donors (Lipinski definition) is 2. The fraction of sp³-hybridized carbons (Fsp3) is 0.105. The maximum absolute atomic E-state index is 11.7. The summed E-state index contributed by atoms with van der Waals surface area (Å²) < 4.78 is 10.6. The maximum atomic E-state index is 11.7. The molecule has 7 heteroatoms. The van der Waals surface area contributed by atoms with Crippen LogP contribution in [0.15, 0.2) is 42.6 Å². The summed E-state index contributed by atoms with van der Waals surface area (Å²) >= 11 is 0. The lowest BCUT2D eigenvalue weighted by atomic mass is 10.1. The van der Waals surface area contributed by atoms with Crippen LogP contribution in [0.4, 0.5) is 11.4 Å². The largest absolute Gasteiger partial charge is 0.493 e. The zero-order valence-corrected chi connectivity index (χ0v) is 14.2. The lowest BCUT2D eigenvalue weighted by molar-refractivity contribution is 0.100. The van der Waals surface area contributed by atoms with Gasteiger partial charge in [-0.25, -0.2) is 0 Å². The van der Waals surface area contributed by atoms with E-state index in [-0.39, 0.29) is 0 Å². The minimum atomic E-state index is -0.566. The molecule has 0 aliphatic rings. The Balaban J connectivity index is 2.24. The fourth-order valence-electron chi connectivity index (χ4n) is 2.68. The summed E-state index contributed by atoms with van der Waals surface area (Å²) in [6.45, 7) is 0. The van der Waals surface area contributed by atoms with Crippen molar-refractivity contribution in [1.29, 1.82) is 5.26 Å². The molecule has 0 saturated heterocycles. The molecule has 0 aliphatic heterocycles. The molecule has 0 fully saturated rings. The Labute approximate surface area is 150 Å². The molecule has 26 heavy (non-hydrogen) atoms. The SMILES string of the molecule is COc1cc2ncc(C#N)c(Nc3ccccc3C(N)=O)c2cc1OC. The number of pyridine rings is 1. The first-order valence-corrected chi connectivity index (χ1v) is 7.69. The lowest BCUT2D eigenvalue weighted by Gasteiger charge is -2.15. The molecule has 2 aromatic carbocycles. The summed E-state index contributed by atoms with van der Waals surface area (Å²) in [6, 6.07) is 12.4. The highest BCUT2D eigenvalue weighted by Gasteiger charge is 2.16. The van der Waals surface area contributed by atoms with Crippen molar-refractivity contribution in [3.63, 3.8) is 0 Å². The van der Waals surface area contributed by atoms with E-state index in [1.807, 2.05) is 0 Å². The van der Waals surface area contributed by atoms with Gasteiger partial charge >= 0.3 is 0 Å². The molecule has 1 aromatic heterocycles. The number of anilines is 2. The van der Waals surface area contributed by atoms with Gasteiger partial charge < -0.3 is 20.5 Å². The molecule has 0 aliphatic carbocycles. The zero-order valence-electron chi connectivity index (χ0n) is 14.2. The lowest BCUT2D eigenvalue weighted by Crippen LogP contribution is -2.13. The number of carbonyl (C=O) groups excluding carboxylic acids is 1. The van der Waals surface area contributed by atoms with Gasteiger partial charge in [0.1, 0.15) is 6.07 Å². The van der Waals surface area contributed by atoms with Crippen molar-refractivity contribution in [2.75, 3.05) is 19.5 Å². The Kier molecular flexibility index (Phi) is 4.58. The van der Waals surface area contributed by atoms with Crippen LogP contribution in [0.2, 0.25) is 0 Å². The van der Waals surface area contributed by atoms with Crippen LogP contribution >= 0.6 is 0 Å². The van der Waals surface area contributed by atoms with Crippen LogP contribution in [0.5, 0.6) is 11.5 Å². The van der Waals surface area contributed by atoms with Gasteiger partial charge in [-0.15, -0.1) is 0 Å². The van der Waals surface area contributed by atoms with Gasteiger partial charge in [0.25, 0.3) is 5.91 Å². The highest BCUT2D eigenvalue weighted by Crippen LogP contribution is 2.37. The number of fused-ring (bicyclic) bond motifs is 1. The van der Waals surface area contributed by atoms with Crippen molar-refractivity contribution in [1.82, 2.24) is 4.98 Å². The van der Waals surface area contributed by atoms with E-state index in [1.165, 1.54) is 20.4 Å². The second kappa shape index (κ2) is 6.99. The van der Waals surface area contributed by atoms with Crippen molar-refractivity contribution in [3.8, 4) is 17.6 Å². The van der Waals surface area contributed by atoms with E-state index in [2.05, 4.69) is 16.4 Å². The van der Waals surface area contributed by atoms with Crippen LogP contribution in [0.3, 0.4) is 0 Å². The van der Waals surface area contributed by atoms with E-state index in [0.717, 1.165) is 0 Å². The zero-order chi connectivity index (χ0) is 18.7. The second-order valence-corrected chi connectivity index (χ2v) is 5.42. The van der Waals surface area contributed by atoms with E-state index in [0.29, 0.717) is 44.9 Å². The monoisotopic (exact) mass is 348 g/mol. The Morgan fingerprint density at radius 1 is 1.19 bits per heavy atom. The predicted octanol–water partition coefficient (Wildman–Crippen LogP) is 2.97. The van der Waals surface area contributed by atoms with Gasteiger partial charge in [-0.2, -0.15) is 5.26 Å². The van der Waals surface area contributed by atoms with Crippen molar-refractivity contribution in [2.24, 2.45) is 5.73 Å². The molecular weight excluding hydrogens is 332 g/mol. The highest BCUT2D eigenvalue weighted by atomic mass is 16.5. The number of methoxy groups -OCH3 is 2. The van der Waals surface area contributed by atoms with Gasteiger partial charge in [0, 0.05) is 17.6 Å². The summed E-state index contributed by atoms with van der Waals surface area (Å²) in [7, 11) is 3.07. The average molecular weight is 348 g/mol. The predicted molar refractivity (Wildman–Crippen MR) is 97.8 cm³/mol. The second-order valence-electron chi connectivity index (χ2n) is 5.42. The number of primary amides is 1. The van der Waals surface area contributed by atoms with E-state index in [4.69, 9.17) is 15.2 Å². The third kappa shape index (κ3) is 2.96. The summed E-state index contributed by atoms with van der Waals surface area (Å²) in [6.07, 6.45) is 1.46. The smallest absolute Gasteiger partial charge is 0.250 e. The number of nitrogens with one attached hydrogen (secondary N) is 1. The van der Waals surface area contributed by atoms with E-state index in [1.54, 1.807) is 36.4 Å². The fourth-order valence-corrected chi connectivity index (χ4v) is 2.68. The number of benzene rings is 2. The molecule has 0 radical (unpaired) electrons. The third-order valence-electron chi connectivity index (χ3n) is 3.95. The molecule has 3 N–H and O–H groups in total. The van der Waals surface area contributed by atoms with E-state index >= 15 is 0 Å². The number of nitriles is 1. The molecule has 1 amide bonds. The number of ether oxygens (including phenoxy) is 2. The number of para-hydroxylation sites is 1. The molecule has 0 atom stereocenters. The Bertz CT molecular complexity index is 1040. The number of nitrogens with two attached hydrogens (primary N) is 1. The molecule has 0 saturated carbocycles. The first kappa shape index (κ1) is 17.0. The summed E-state index contributed by atoms with van der Waals surface area (Å²) in [5.74, 6) is 0.466. The van der Waals surface area contributed by atoms with Crippen LogP contribution < -0.4 is 20.5 Å². The summed E-state index contributed by atoms with van der Waals surface area (Å²) in [5, 5.41) is 13.3. The van der Waals surface area contributed by atoms with Crippen LogP contribution in [0.1, 0.15) is 15.9 Å². The number of aromatic nitrogens is 1. The topological polar surface area (TPSA) is 110 Å². The molecule has 3 rings (SSSR count). The van der Waals surface area contributed by atoms with Crippen LogP contribution in [0, 0.1) is 11.3 Å². The molecule has 130 valence electrons. The quantitative estimate of drug-likeness (QED) is 0.733. The number of hydrogen-bond acceptors (Lipinski definition) is 6. The molecule has 1 heterocycles. The van der Waals surface area contributed by atoms with Crippen molar-refractivity contribution < 1.29 is 14.3 Å². The number of nitrogens with zero attached hydrogens (tertiary/aromatic N) is 2. The minimum Gasteiger partial charge on any atom is -0.493 e. The van der Waals surface area contributed by atoms with Crippen molar-refractivity contribution in [2.45, 2.75) is 0 Å².